The van der Waals surface area contributed by atoms with Gasteiger partial charge in [0, 0.05) is 47.6 Å². The first-order valence-corrected chi connectivity index (χ1v) is 12.0. The summed E-state index contributed by atoms with van der Waals surface area (Å²) in [5, 5.41) is 9.78. The Morgan fingerprint density at radius 3 is 2.83 bits per heavy atom. The number of aryl methyl sites for hydroxylation is 1. The fourth-order valence-electron chi connectivity index (χ4n) is 5.13. The van der Waals surface area contributed by atoms with Gasteiger partial charge in [0.15, 0.2) is 0 Å². The van der Waals surface area contributed by atoms with Gasteiger partial charge < -0.3 is 20.5 Å². The van der Waals surface area contributed by atoms with Gasteiger partial charge in [-0.05, 0) is 57.8 Å². The quantitative estimate of drug-likeness (QED) is 0.470. The first-order chi connectivity index (χ1) is 16.9. The summed E-state index contributed by atoms with van der Waals surface area (Å²) in [6.07, 6.45) is 7.78. The number of hydrogen-bond donors (Lipinski definition) is 3. The number of fused-ring (bicyclic) bond motifs is 1. The highest BCUT2D eigenvalue weighted by atomic mass is 16.1. The molecule has 0 radical (unpaired) electrons. The van der Waals surface area contributed by atoms with Gasteiger partial charge in [0.25, 0.3) is 5.91 Å². The molecule has 0 aliphatic carbocycles. The molecule has 3 N–H and O–H groups in total. The van der Waals surface area contributed by atoms with Crippen LogP contribution in [0.2, 0.25) is 0 Å². The van der Waals surface area contributed by atoms with Crippen molar-refractivity contribution in [2.24, 2.45) is 12.0 Å². The minimum Gasteiger partial charge on any atom is -0.348 e. The van der Waals surface area contributed by atoms with Crippen LogP contribution in [-0.4, -0.2) is 40.2 Å². The third kappa shape index (κ3) is 4.04. The maximum atomic E-state index is 12.9. The summed E-state index contributed by atoms with van der Waals surface area (Å²) in [7, 11) is 1.93. The predicted molar refractivity (Wildman–Crippen MR) is 140 cm³/mol. The lowest BCUT2D eigenvalue weighted by Crippen LogP contribution is -2.38. The van der Waals surface area contributed by atoms with Crippen molar-refractivity contribution in [3.8, 4) is 0 Å². The second kappa shape index (κ2) is 9.11. The molecule has 1 fully saturated rings. The van der Waals surface area contributed by atoms with E-state index in [4.69, 9.17) is 9.97 Å². The molecule has 8 heteroatoms. The fourth-order valence-corrected chi connectivity index (χ4v) is 5.13. The number of nitrogens with zero attached hydrogens (tertiary/aromatic N) is 4. The molecule has 3 aromatic heterocycles. The Kier molecular flexibility index (Phi) is 5.98. The van der Waals surface area contributed by atoms with Crippen LogP contribution in [0.1, 0.15) is 59.6 Å². The van der Waals surface area contributed by atoms with Gasteiger partial charge in [-0.1, -0.05) is 19.1 Å². The topological polar surface area (TPSA) is 96.2 Å². The SMILES string of the molecule is C=Nc1c(/C(=C\C)c2ncc(Nc3cccc(C4(C)CCNCC4)n3)c3c2CNC3=O)ccn1C. The van der Waals surface area contributed by atoms with Crippen molar-refractivity contribution in [1.29, 1.82) is 0 Å². The second-order valence-electron chi connectivity index (χ2n) is 9.42. The zero-order valence-corrected chi connectivity index (χ0v) is 20.5. The number of anilines is 2. The summed E-state index contributed by atoms with van der Waals surface area (Å²) in [4.78, 5) is 26.8. The average Bonchev–Trinajstić information content (AvgIpc) is 3.44. The third-order valence-corrected chi connectivity index (χ3v) is 7.19. The Morgan fingerprint density at radius 2 is 2.09 bits per heavy atom. The lowest BCUT2D eigenvalue weighted by Gasteiger charge is -2.33. The van der Waals surface area contributed by atoms with Crippen molar-refractivity contribution < 1.29 is 4.79 Å². The Balaban J connectivity index is 1.52. The van der Waals surface area contributed by atoms with E-state index in [1.807, 2.05) is 49.0 Å². The van der Waals surface area contributed by atoms with Crippen LogP contribution < -0.4 is 16.0 Å². The number of nitrogens with one attached hydrogen (secondary N) is 3. The Labute approximate surface area is 205 Å². The Hall–Kier alpha value is -3.78. The van der Waals surface area contributed by atoms with Crippen molar-refractivity contribution in [2.75, 3.05) is 18.4 Å². The maximum absolute atomic E-state index is 12.9. The van der Waals surface area contributed by atoms with E-state index in [0.29, 0.717) is 23.6 Å². The van der Waals surface area contributed by atoms with Crippen molar-refractivity contribution in [1.82, 2.24) is 25.2 Å². The molecule has 5 rings (SSSR count). The molecule has 180 valence electrons. The van der Waals surface area contributed by atoms with E-state index in [2.05, 4.69) is 40.7 Å². The number of aromatic nitrogens is 3. The normalized spacial score (nSPS) is 17.1. The monoisotopic (exact) mass is 469 g/mol. The van der Waals surface area contributed by atoms with Gasteiger partial charge in [-0.25, -0.2) is 9.98 Å². The van der Waals surface area contributed by atoms with E-state index >= 15 is 0 Å². The number of allylic oxidation sites excluding steroid dienone is 1. The minimum absolute atomic E-state index is 0.0395. The summed E-state index contributed by atoms with van der Waals surface area (Å²) in [6, 6.07) is 8.06. The smallest absolute Gasteiger partial charge is 0.254 e. The van der Waals surface area contributed by atoms with E-state index in [0.717, 1.165) is 59.8 Å². The molecule has 1 saturated heterocycles. The number of carbonyl (C=O) groups is 1. The molecule has 3 aromatic rings. The number of hydrogen-bond acceptors (Lipinski definition) is 6. The van der Waals surface area contributed by atoms with E-state index in [1.54, 1.807) is 6.20 Å². The van der Waals surface area contributed by atoms with Gasteiger partial charge in [0.1, 0.15) is 11.6 Å². The largest absolute Gasteiger partial charge is 0.348 e. The van der Waals surface area contributed by atoms with Crippen LogP contribution in [0.15, 0.2) is 47.7 Å². The molecule has 2 aliphatic rings. The zero-order valence-electron chi connectivity index (χ0n) is 20.5. The van der Waals surface area contributed by atoms with Crippen LogP contribution in [0.25, 0.3) is 5.57 Å². The molecule has 2 aliphatic heterocycles. The molecule has 35 heavy (non-hydrogen) atoms. The van der Waals surface area contributed by atoms with Gasteiger partial charge >= 0.3 is 0 Å². The van der Waals surface area contributed by atoms with Crippen LogP contribution in [0.5, 0.6) is 0 Å². The molecule has 8 nitrogen and oxygen atoms in total. The fraction of sp³-hybridized carbons (Fsp3) is 0.333. The van der Waals surface area contributed by atoms with Crippen molar-refractivity contribution >= 4 is 35.5 Å². The van der Waals surface area contributed by atoms with Gasteiger partial charge in [-0.3, -0.25) is 9.78 Å². The molecule has 0 atom stereocenters. The standard InChI is InChI=1S/C27H31N7O/c1-5-17(18-9-14-34(4)25(18)28-3)24-19-15-31-26(35)23(19)20(16-30-24)32-22-8-6-7-21(33-22)27(2)10-12-29-13-11-27/h5-9,14,16,29H,3,10-13,15H2,1-2,4H3,(H,31,35)(H,32,33)/b17-5+. The lowest BCUT2D eigenvalue weighted by atomic mass is 9.78. The minimum atomic E-state index is -0.113. The highest BCUT2D eigenvalue weighted by molar-refractivity contribution is 6.05. The molecule has 1 amide bonds. The average molecular weight is 470 g/mol. The molecule has 0 aromatic carbocycles. The molecular formula is C27H31N7O. The second-order valence-corrected chi connectivity index (χ2v) is 9.42. The summed E-state index contributed by atoms with van der Waals surface area (Å²) < 4.78 is 1.92. The van der Waals surface area contributed by atoms with E-state index in [-0.39, 0.29) is 11.3 Å². The molecule has 0 saturated carbocycles. The number of piperidine rings is 1. The van der Waals surface area contributed by atoms with Gasteiger partial charge in [-0.2, -0.15) is 0 Å². The number of amides is 1. The summed E-state index contributed by atoms with van der Waals surface area (Å²) in [5.41, 5.74) is 5.87. The molecular weight excluding hydrogens is 438 g/mol. The summed E-state index contributed by atoms with van der Waals surface area (Å²) >= 11 is 0. The van der Waals surface area contributed by atoms with Gasteiger partial charge in [0.05, 0.1) is 23.1 Å². The molecule has 0 spiro atoms. The van der Waals surface area contributed by atoms with Gasteiger partial charge in [-0.15, -0.1) is 0 Å². The Bertz CT molecular complexity index is 1330. The highest BCUT2D eigenvalue weighted by Gasteiger charge is 2.31. The van der Waals surface area contributed by atoms with E-state index in [1.165, 1.54) is 0 Å². The molecule has 0 unspecified atom stereocenters. The lowest BCUT2D eigenvalue weighted by molar-refractivity contribution is 0.0966. The van der Waals surface area contributed by atoms with E-state index < -0.39 is 0 Å². The number of rotatable bonds is 6. The number of carbonyl (C=O) groups excluding carboxylic acids is 1. The van der Waals surface area contributed by atoms with Gasteiger partial charge in [0.2, 0.25) is 0 Å². The van der Waals surface area contributed by atoms with Crippen LogP contribution in [0.3, 0.4) is 0 Å². The van der Waals surface area contributed by atoms with Crippen molar-refractivity contribution in [3.05, 3.63) is 70.8 Å². The molecule has 5 heterocycles. The molecule has 0 bridgehead atoms. The first-order valence-electron chi connectivity index (χ1n) is 12.0. The predicted octanol–water partition coefficient (Wildman–Crippen LogP) is 4.23. The van der Waals surface area contributed by atoms with Crippen molar-refractivity contribution in [2.45, 2.75) is 38.6 Å². The van der Waals surface area contributed by atoms with Crippen molar-refractivity contribution in [3.63, 3.8) is 0 Å². The highest BCUT2D eigenvalue weighted by Crippen LogP contribution is 2.37. The third-order valence-electron chi connectivity index (χ3n) is 7.19. The van der Waals surface area contributed by atoms with Crippen LogP contribution >= 0.6 is 0 Å². The van der Waals surface area contributed by atoms with Crippen LogP contribution in [-0.2, 0) is 19.0 Å². The zero-order chi connectivity index (χ0) is 24.6. The van der Waals surface area contributed by atoms with Crippen LogP contribution in [0.4, 0.5) is 17.3 Å². The first kappa shape index (κ1) is 23.0. The number of aliphatic imine (C=N–C) groups is 1. The maximum Gasteiger partial charge on any atom is 0.254 e. The summed E-state index contributed by atoms with van der Waals surface area (Å²) in [5.74, 6) is 1.37. The number of pyridine rings is 2. The summed E-state index contributed by atoms with van der Waals surface area (Å²) in [6.45, 7) is 10.4. The Morgan fingerprint density at radius 1 is 1.29 bits per heavy atom. The van der Waals surface area contributed by atoms with E-state index in [9.17, 15) is 4.79 Å². The van der Waals surface area contributed by atoms with Crippen LogP contribution in [0, 0.1) is 0 Å².